The number of methoxy groups -OCH3 is 1. The zero-order valence-corrected chi connectivity index (χ0v) is 12.3. The third-order valence-electron chi connectivity index (χ3n) is 4.08. The van der Waals surface area contributed by atoms with Gasteiger partial charge in [0, 0.05) is 19.7 Å². The maximum Gasteiger partial charge on any atom is 0.173 e. The minimum atomic E-state index is 0.0336. The van der Waals surface area contributed by atoms with E-state index in [1.807, 2.05) is 12.1 Å². The van der Waals surface area contributed by atoms with E-state index < -0.39 is 0 Å². The molecule has 6 nitrogen and oxygen atoms in total. The van der Waals surface area contributed by atoms with Gasteiger partial charge in [-0.25, -0.2) is 0 Å². The molecule has 1 aliphatic carbocycles. The molecule has 0 heterocycles. The van der Waals surface area contributed by atoms with Crippen molar-refractivity contribution in [3.63, 3.8) is 0 Å². The summed E-state index contributed by atoms with van der Waals surface area (Å²) < 4.78 is 5.27. The van der Waals surface area contributed by atoms with Crippen molar-refractivity contribution in [3.8, 4) is 5.75 Å². The summed E-state index contributed by atoms with van der Waals surface area (Å²) in [5.41, 5.74) is 7.54. The molecule has 0 aliphatic heterocycles. The molecule has 0 atom stereocenters. The fraction of sp³-hybridized carbons (Fsp3) is 0.533. The Morgan fingerprint density at radius 2 is 2.24 bits per heavy atom. The van der Waals surface area contributed by atoms with Gasteiger partial charge in [-0.3, -0.25) is 0 Å². The van der Waals surface area contributed by atoms with Gasteiger partial charge in [-0.15, -0.1) is 0 Å². The first-order valence-electron chi connectivity index (χ1n) is 7.10. The summed E-state index contributed by atoms with van der Waals surface area (Å²) in [5.74, 6) is 0.618. The number of nitrogens with zero attached hydrogens (tertiary/aromatic N) is 1. The Morgan fingerprint density at radius 1 is 1.48 bits per heavy atom. The number of nitrogens with two attached hydrogens (primary N) is 1. The van der Waals surface area contributed by atoms with Gasteiger partial charge in [0.05, 0.1) is 12.7 Å². The van der Waals surface area contributed by atoms with Crippen molar-refractivity contribution in [3.05, 3.63) is 29.3 Å². The lowest BCUT2D eigenvalue weighted by Gasteiger charge is -2.15. The van der Waals surface area contributed by atoms with Crippen LogP contribution in [0, 0.1) is 5.41 Å². The Hall–Kier alpha value is -1.79. The molecule has 21 heavy (non-hydrogen) atoms. The quantitative estimate of drug-likeness (QED) is 0.248. The first-order valence-corrected chi connectivity index (χ1v) is 7.10. The summed E-state index contributed by atoms with van der Waals surface area (Å²) in [7, 11) is 1.56. The predicted molar refractivity (Wildman–Crippen MR) is 80.6 cm³/mol. The van der Waals surface area contributed by atoms with Crippen LogP contribution in [0.2, 0.25) is 0 Å². The Bertz CT molecular complexity index is 513. The average Bonchev–Trinajstić information content (AvgIpc) is 3.26. The second-order valence-electron chi connectivity index (χ2n) is 5.60. The van der Waals surface area contributed by atoms with E-state index in [2.05, 4.69) is 10.5 Å². The van der Waals surface area contributed by atoms with Gasteiger partial charge in [-0.1, -0.05) is 11.2 Å². The van der Waals surface area contributed by atoms with Crippen molar-refractivity contribution in [1.82, 2.24) is 5.32 Å². The van der Waals surface area contributed by atoms with Crippen LogP contribution < -0.4 is 15.8 Å². The van der Waals surface area contributed by atoms with Crippen LogP contribution in [0.25, 0.3) is 0 Å². The van der Waals surface area contributed by atoms with Gasteiger partial charge in [0.1, 0.15) is 5.75 Å². The van der Waals surface area contributed by atoms with Gasteiger partial charge in [-0.2, -0.15) is 0 Å². The molecule has 1 aromatic rings. The number of nitrogens with one attached hydrogen (secondary N) is 1. The molecule has 0 spiro atoms. The van der Waals surface area contributed by atoms with Crippen LogP contribution in [-0.2, 0) is 6.54 Å². The van der Waals surface area contributed by atoms with Gasteiger partial charge >= 0.3 is 0 Å². The van der Waals surface area contributed by atoms with E-state index >= 15 is 0 Å². The zero-order valence-electron chi connectivity index (χ0n) is 12.3. The normalized spacial score (nSPS) is 16.8. The van der Waals surface area contributed by atoms with Crippen molar-refractivity contribution in [2.75, 3.05) is 20.3 Å². The van der Waals surface area contributed by atoms with Crippen LogP contribution in [0.4, 0.5) is 0 Å². The monoisotopic (exact) mass is 293 g/mol. The SMILES string of the molecule is COc1cc(CNCC2(CCO)CC2)ccc1/C(N)=N/O. The second kappa shape index (κ2) is 6.78. The molecule has 116 valence electrons. The van der Waals surface area contributed by atoms with E-state index in [4.69, 9.17) is 20.8 Å². The van der Waals surface area contributed by atoms with Crippen LogP contribution in [0.1, 0.15) is 30.4 Å². The number of hydrogen-bond donors (Lipinski definition) is 4. The minimum Gasteiger partial charge on any atom is -0.496 e. The van der Waals surface area contributed by atoms with Gasteiger partial charge in [0.2, 0.25) is 0 Å². The standard InChI is InChI=1S/C15H23N3O3/c1-21-13-8-11(2-3-12(13)14(16)18-20)9-17-10-15(4-5-15)6-7-19/h2-3,8,17,19-20H,4-7,9-10H2,1H3,(H2,16,18). The average molecular weight is 293 g/mol. The van der Waals surface area contributed by atoms with E-state index in [1.54, 1.807) is 13.2 Å². The topological polar surface area (TPSA) is 100 Å². The van der Waals surface area contributed by atoms with Crippen LogP contribution in [0.15, 0.2) is 23.4 Å². The molecule has 6 heteroatoms. The van der Waals surface area contributed by atoms with Crippen molar-refractivity contribution in [2.24, 2.45) is 16.3 Å². The number of benzene rings is 1. The van der Waals surface area contributed by atoms with Crippen molar-refractivity contribution in [1.29, 1.82) is 0 Å². The molecule has 0 aromatic heterocycles. The summed E-state index contributed by atoms with van der Waals surface area (Å²) in [6.45, 7) is 1.89. The highest BCUT2D eigenvalue weighted by atomic mass is 16.5. The number of aliphatic hydroxyl groups excluding tert-OH is 1. The Balaban J connectivity index is 1.95. The lowest BCUT2D eigenvalue weighted by Crippen LogP contribution is -2.24. The molecular formula is C15H23N3O3. The van der Waals surface area contributed by atoms with Gasteiger partial charge in [0.15, 0.2) is 5.84 Å². The summed E-state index contributed by atoms with van der Waals surface area (Å²) in [5, 5.41) is 24.2. The van der Waals surface area contributed by atoms with Crippen molar-refractivity contribution < 1.29 is 15.1 Å². The molecule has 0 saturated heterocycles. The van der Waals surface area contributed by atoms with E-state index in [-0.39, 0.29) is 12.4 Å². The predicted octanol–water partition coefficient (Wildman–Crippen LogP) is 1.04. The summed E-state index contributed by atoms with van der Waals surface area (Å²) >= 11 is 0. The smallest absolute Gasteiger partial charge is 0.173 e. The molecule has 0 amide bonds. The number of oxime groups is 1. The second-order valence-corrected chi connectivity index (χ2v) is 5.60. The van der Waals surface area contributed by atoms with Gasteiger partial charge < -0.3 is 26.1 Å². The Morgan fingerprint density at radius 3 is 2.81 bits per heavy atom. The molecule has 2 rings (SSSR count). The number of rotatable bonds is 8. The third-order valence-corrected chi connectivity index (χ3v) is 4.08. The largest absolute Gasteiger partial charge is 0.496 e. The molecular weight excluding hydrogens is 270 g/mol. The molecule has 0 radical (unpaired) electrons. The first kappa shape index (κ1) is 15.6. The van der Waals surface area contributed by atoms with Crippen LogP contribution in [0.3, 0.4) is 0 Å². The molecule has 1 fully saturated rings. The van der Waals surface area contributed by atoms with E-state index in [0.29, 0.717) is 16.7 Å². The fourth-order valence-electron chi connectivity index (χ4n) is 2.51. The highest BCUT2D eigenvalue weighted by Gasteiger charge is 2.41. The van der Waals surface area contributed by atoms with Crippen molar-refractivity contribution >= 4 is 5.84 Å². The highest BCUT2D eigenvalue weighted by molar-refractivity contribution is 5.99. The minimum absolute atomic E-state index is 0.0336. The van der Waals surface area contributed by atoms with Crippen LogP contribution >= 0.6 is 0 Å². The van der Waals surface area contributed by atoms with E-state index in [0.717, 1.165) is 25.1 Å². The molecule has 1 aromatic carbocycles. The fourth-order valence-corrected chi connectivity index (χ4v) is 2.51. The molecule has 1 aliphatic rings. The summed E-state index contributed by atoms with van der Waals surface area (Å²) in [6.07, 6.45) is 3.24. The third kappa shape index (κ3) is 3.86. The Labute approximate surface area is 124 Å². The highest BCUT2D eigenvalue weighted by Crippen LogP contribution is 2.47. The van der Waals surface area contributed by atoms with E-state index in [9.17, 15) is 0 Å². The Kier molecular flexibility index (Phi) is 5.03. The number of amidine groups is 1. The number of hydrogen-bond acceptors (Lipinski definition) is 5. The maximum absolute atomic E-state index is 9.04. The lowest BCUT2D eigenvalue weighted by atomic mass is 10.0. The molecule has 0 unspecified atom stereocenters. The van der Waals surface area contributed by atoms with E-state index in [1.165, 1.54) is 12.8 Å². The molecule has 0 bridgehead atoms. The van der Waals surface area contributed by atoms with Gasteiger partial charge in [-0.05, 0) is 42.4 Å². The number of ether oxygens (including phenoxy) is 1. The molecule has 5 N–H and O–H groups in total. The lowest BCUT2D eigenvalue weighted by molar-refractivity contribution is 0.245. The summed E-state index contributed by atoms with van der Waals surface area (Å²) in [4.78, 5) is 0. The van der Waals surface area contributed by atoms with Gasteiger partial charge in [0.25, 0.3) is 0 Å². The van der Waals surface area contributed by atoms with Crippen molar-refractivity contribution in [2.45, 2.75) is 25.8 Å². The summed E-state index contributed by atoms with van der Waals surface area (Å²) in [6, 6.07) is 5.59. The maximum atomic E-state index is 9.04. The number of aliphatic hydroxyl groups is 1. The molecule has 1 saturated carbocycles. The van der Waals surface area contributed by atoms with Crippen LogP contribution in [-0.4, -0.2) is 36.4 Å². The first-order chi connectivity index (χ1) is 10.1. The van der Waals surface area contributed by atoms with Crippen LogP contribution in [0.5, 0.6) is 5.75 Å². The zero-order chi connectivity index (χ0) is 15.3.